The monoisotopic (exact) mass is 427 g/mol. The molecule has 0 saturated carbocycles. The van der Waals surface area contributed by atoms with Gasteiger partial charge in [-0.3, -0.25) is 0 Å². The van der Waals surface area contributed by atoms with Crippen LogP contribution in [0.15, 0.2) is 28.7 Å². The molecule has 2 heterocycles. The third-order valence-electron chi connectivity index (χ3n) is 5.64. The fraction of sp³-hybridized carbons (Fsp3) is 0.476. The molecule has 3 rings (SSSR count). The summed E-state index contributed by atoms with van der Waals surface area (Å²) in [5.41, 5.74) is -0.627. The average Bonchev–Trinajstić information content (AvgIpc) is 3.07. The molecule has 0 radical (unpaired) electrons. The van der Waals surface area contributed by atoms with Crippen molar-refractivity contribution in [1.82, 2.24) is 4.90 Å². The van der Waals surface area contributed by atoms with Crippen LogP contribution in [0.4, 0.5) is 18.0 Å². The summed E-state index contributed by atoms with van der Waals surface area (Å²) in [7, 11) is 1.27. The Labute approximate surface area is 171 Å². The molecule has 0 bridgehead atoms. The van der Waals surface area contributed by atoms with Crippen molar-refractivity contribution in [2.24, 2.45) is 5.41 Å². The highest BCUT2D eigenvalue weighted by molar-refractivity contribution is 5.70. The Bertz CT molecular complexity index is 939. The van der Waals surface area contributed by atoms with Gasteiger partial charge in [0.1, 0.15) is 23.4 Å². The second-order valence-electron chi connectivity index (χ2n) is 7.94. The van der Waals surface area contributed by atoms with Gasteiger partial charge in [-0.15, -0.1) is 0 Å². The van der Waals surface area contributed by atoms with Gasteiger partial charge in [0.25, 0.3) is 0 Å². The minimum absolute atomic E-state index is 0.00393. The minimum atomic E-state index is -4.50. The number of likely N-dealkylation sites (tertiary alicyclic amines) is 1. The number of methoxy groups -OCH3 is 1. The van der Waals surface area contributed by atoms with E-state index in [0.717, 1.165) is 12.1 Å². The number of piperidine rings is 1. The number of halogens is 3. The fourth-order valence-electron chi connectivity index (χ4n) is 3.96. The molecular formula is C21H24F3NO5. The summed E-state index contributed by atoms with van der Waals surface area (Å²) in [6.07, 6.45) is -5.40. The Hall–Kier alpha value is -2.68. The molecule has 2 N–H and O–H groups in total. The van der Waals surface area contributed by atoms with Crippen LogP contribution in [0.25, 0.3) is 11.3 Å². The number of hydrogen-bond acceptors (Lipinski definition) is 4. The number of aliphatic hydroxyl groups excluding tert-OH is 1. The number of ether oxygens (including phenoxy) is 1. The maximum Gasteiger partial charge on any atom is 0.416 e. The van der Waals surface area contributed by atoms with E-state index in [4.69, 9.17) is 9.15 Å². The third-order valence-corrected chi connectivity index (χ3v) is 5.64. The lowest BCUT2D eigenvalue weighted by Crippen LogP contribution is -2.46. The molecule has 0 spiro atoms. The highest BCUT2D eigenvalue weighted by Gasteiger charge is 2.41. The predicted molar refractivity (Wildman–Crippen MR) is 102 cm³/mol. The largest absolute Gasteiger partial charge is 0.496 e. The normalized spacial score (nSPS) is 20.8. The molecule has 1 aromatic heterocycles. The molecule has 9 heteroatoms. The van der Waals surface area contributed by atoms with E-state index < -0.39 is 29.4 Å². The smallest absolute Gasteiger partial charge is 0.416 e. The minimum Gasteiger partial charge on any atom is -0.496 e. The molecule has 1 saturated heterocycles. The maximum absolute atomic E-state index is 13.0. The average molecular weight is 427 g/mol. The highest BCUT2D eigenvalue weighted by Crippen LogP contribution is 2.45. The van der Waals surface area contributed by atoms with Gasteiger partial charge in [0.05, 0.1) is 18.2 Å². The molecule has 6 nitrogen and oxygen atoms in total. The van der Waals surface area contributed by atoms with Gasteiger partial charge in [-0.2, -0.15) is 13.2 Å². The van der Waals surface area contributed by atoms with E-state index in [2.05, 4.69) is 0 Å². The zero-order valence-corrected chi connectivity index (χ0v) is 16.9. The third kappa shape index (κ3) is 4.12. The quantitative estimate of drug-likeness (QED) is 0.710. The van der Waals surface area contributed by atoms with Crippen molar-refractivity contribution in [2.75, 3.05) is 20.2 Å². The molecule has 1 unspecified atom stereocenters. The van der Waals surface area contributed by atoms with Gasteiger partial charge < -0.3 is 24.3 Å². The first-order valence-corrected chi connectivity index (χ1v) is 9.48. The summed E-state index contributed by atoms with van der Waals surface area (Å²) >= 11 is 0. The summed E-state index contributed by atoms with van der Waals surface area (Å²) in [5, 5.41) is 20.3. The molecule has 164 valence electrons. The van der Waals surface area contributed by atoms with Gasteiger partial charge in [-0.05, 0) is 49.6 Å². The second kappa shape index (κ2) is 7.86. The molecule has 1 aliphatic heterocycles. The van der Waals surface area contributed by atoms with Crippen LogP contribution in [0.5, 0.6) is 5.75 Å². The zero-order chi connectivity index (χ0) is 22.3. The van der Waals surface area contributed by atoms with E-state index in [1.165, 1.54) is 18.1 Å². The molecule has 1 amide bonds. The molecule has 1 aliphatic rings. The van der Waals surface area contributed by atoms with Crippen LogP contribution < -0.4 is 4.74 Å². The van der Waals surface area contributed by atoms with Crippen LogP contribution in [0.1, 0.15) is 42.8 Å². The first kappa shape index (κ1) is 22.0. The van der Waals surface area contributed by atoms with E-state index in [0.29, 0.717) is 36.3 Å². The van der Waals surface area contributed by atoms with Crippen molar-refractivity contribution in [3.05, 3.63) is 41.2 Å². The van der Waals surface area contributed by atoms with Crippen molar-refractivity contribution in [1.29, 1.82) is 0 Å². The lowest BCUT2D eigenvalue weighted by atomic mass is 9.76. The lowest BCUT2D eigenvalue weighted by Gasteiger charge is -2.41. The van der Waals surface area contributed by atoms with Crippen molar-refractivity contribution in [3.63, 3.8) is 0 Å². The van der Waals surface area contributed by atoms with E-state index >= 15 is 0 Å². The maximum atomic E-state index is 13.0. The molecule has 0 aliphatic carbocycles. The first-order chi connectivity index (χ1) is 14.0. The number of furan rings is 1. The van der Waals surface area contributed by atoms with Crippen molar-refractivity contribution >= 4 is 6.09 Å². The summed E-state index contributed by atoms with van der Waals surface area (Å²) in [5.74, 6) is 0.535. The lowest BCUT2D eigenvalue weighted by molar-refractivity contribution is -0.137. The van der Waals surface area contributed by atoms with Crippen LogP contribution >= 0.6 is 0 Å². The number of rotatable bonds is 4. The van der Waals surface area contributed by atoms with Crippen LogP contribution in [0, 0.1) is 12.3 Å². The summed E-state index contributed by atoms with van der Waals surface area (Å²) in [6, 6.07) is 4.75. The Morgan fingerprint density at radius 1 is 1.33 bits per heavy atom. The number of hydrogen-bond donors (Lipinski definition) is 2. The summed E-state index contributed by atoms with van der Waals surface area (Å²) in [6.45, 7) is 4.08. The number of carboxylic acid groups (broad SMARTS) is 1. The number of aliphatic hydroxyl groups is 1. The molecule has 1 fully saturated rings. The standard InChI is InChI=1S/C21H24F3NO5/c1-12-9-16(18(26)20(2)7-4-8-25(11-20)19(27)28)30-17(12)14-6-5-13(21(22,23)24)10-15(14)29-3/h5-6,9-10,18,26H,4,7-8,11H2,1-3H3,(H,27,28)/t18?,20-/m1/s1. The van der Waals surface area contributed by atoms with Crippen LogP contribution in [0.2, 0.25) is 0 Å². The van der Waals surface area contributed by atoms with Gasteiger partial charge in [-0.1, -0.05) is 6.92 Å². The van der Waals surface area contributed by atoms with E-state index in [1.54, 1.807) is 19.9 Å². The topological polar surface area (TPSA) is 83.1 Å². The SMILES string of the molecule is COc1cc(C(F)(F)F)ccc1-c1oc(C(O)[C@]2(C)CCCN(C(=O)O)C2)cc1C. The Balaban J connectivity index is 1.95. The summed E-state index contributed by atoms with van der Waals surface area (Å²) < 4.78 is 50.0. The Morgan fingerprint density at radius 2 is 2.03 bits per heavy atom. The number of nitrogens with zero attached hydrogens (tertiary/aromatic N) is 1. The molecule has 2 atom stereocenters. The number of amides is 1. The van der Waals surface area contributed by atoms with Gasteiger partial charge in [0.2, 0.25) is 0 Å². The molecule has 30 heavy (non-hydrogen) atoms. The molecule has 2 aromatic rings. The van der Waals surface area contributed by atoms with E-state index in [1.807, 2.05) is 0 Å². The first-order valence-electron chi connectivity index (χ1n) is 9.48. The second-order valence-corrected chi connectivity index (χ2v) is 7.94. The highest BCUT2D eigenvalue weighted by atomic mass is 19.4. The predicted octanol–water partition coefficient (Wildman–Crippen LogP) is 5.10. The van der Waals surface area contributed by atoms with Crippen LogP contribution in [-0.2, 0) is 6.18 Å². The van der Waals surface area contributed by atoms with Gasteiger partial charge in [-0.25, -0.2) is 4.79 Å². The Morgan fingerprint density at radius 3 is 2.63 bits per heavy atom. The number of carbonyl (C=O) groups is 1. The van der Waals surface area contributed by atoms with Crippen molar-refractivity contribution < 1.29 is 37.3 Å². The number of aryl methyl sites for hydroxylation is 1. The van der Waals surface area contributed by atoms with Crippen molar-refractivity contribution in [2.45, 2.75) is 39.0 Å². The number of alkyl halides is 3. The number of benzene rings is 1. The van der Waals surface area contributed by atoms with E-state index in [-0.39, 0.29) is 18.1 Å². The Kier molecular flexibility index (Phi) is 5.77. The summed E-state index contributed by atoms with van der Waals surface area (Å²) in [4.78, 5) is 12.6. The van der Waals surface area contributed by atoms with Gasteiger partial charge >= 0.3 is 12.3 Å². The fourth-order valence-corrected chi connectivity index (χ4v) is 3.96. The molecule has 1 aromatic carbocycles. The zero-order valence-electron chi connectivity index (χ0n) is 16.9. The van der Waals surface area contributed by atoms with E-state index in [9.17, 15) is 28.2 Å². The van der Waals surface area contributed by atoms with Gasteiger partial charge in [0.15, 0.2) is 0 Å². The van der Waals surface area contributed by atoms with Crippen LogP contribution in [-0.4, -0.2) is 41.4 Å². The molecular weight excluding hydrogens is 403 g/mol. The van der Waals surface area contributed by atoms with Crippen LogP contribution in [0.3, 0.4) is 0 Å². The van der Waals surface area contributed by atoms with Gasteiger partial charge in [0, 0.05) is 18.5 Å². The van der Waals surface area contributed by atoms with Crippen molar-refractivity contribution in [3.8, 4) is 17.1 Å².